The summed E-state index contributed by atoms with van der Waals surface area (Å²) in [4.78, 5) is 11.5. The van der Waals surface area contributed by atoms with Crippen molar-refractivity contribution in [3.8, 4) is 0 Å². The lowest BCUT2D eigenvalue weighted by atomic mass is 10.1. The maximum absolute atomic E-state index is 14.0. The lowest BCUT2D eigenvalue weighted by Crippen LogP contribution is -2.21. The summed E-state index contributed by atoms with van der Waals surface area (Å²) >= 11 is 5.29. The molecule has 0 aromatic heterocycles. The first kappa shape index (κ1) is 17.0. The number of benzene rings is 2. The van der Waals surface area contributed by atoms with E-state index in [1.165, 1.54) is 5.48 Å². The molecule has 0 atom stereocenters. The fourth-order valence-corrected chi connectivity index (χ4v) is 3.08. The Morgan fingerprint density at radius 2 is 1.86 bits per heavy atom. The summed E-state index contributed by atoms with van der Waals surface area (Å²) < 4.78 is 42.1. The van der Waals surface area contributed by atoms with Crippen LogP contribution >= 0.6 is 38.5 Å². The van der Waals surface area contributed by atoms with Crippen molar-refractivity contribution in [3.63, 3.8) is 0 Å². The standard InChI is InChI=1S/C13H7BrF3IN2O2/c14-7-3-5(18)1-2-9(7)19-12-6(13(21)20-22)4-8(15)10(16)11(12)17/h1-4,19,22H,(H,20,21). The van der Waals surface area contributed by atoms with Gasteiger partial charge >= 0.3 is 0 Å². The molecule has 0 unspecified atom stereocenters. The highest BCUT2D eigenvalue weighted by Gasteiger charge is 2.23. The average molecular weight is 487 g/mol. The van der Waals surface area contributed by atoms with Gasteiger partial charge in [0.2, 0.25) is 0 Å². The second-order valence-corrected chi connectivity index (χ2v) is 6.20. The van der Waals surface area contributed by atoms with Gasteiger partial charge in [-0.2, -0.15) is 0 Å². The summed E-state index contributed by atoms with van der Waals surface area (Å²) in [6.07, 6.45) is 0. The van der Waals surface area contributed by atoms with Gasteiger partial charge in [-0.3, -0.25) is 10.0 Å². The highest BCUT2D eigenvalue weighted by Crippen LogP contribution is 2.32. The Kier molecular flexibility index (Phi) is 5.29. The third-order valence-electron chi connectivity index (χ3n) is 2.70. The fourth-order valence-electron chi connectivity index (χ4n) is 1.68. The Balaban J connectivity index is 2.58. The molecule has 116 valence electrons. The van der Waals surface area contributed by atoms with Crippen LogP contribution in [0, 0.1) is 21.0 Å². The Morgan fingerprint density at radius 1 is 1.18 bits per heavy atom. The molecular formula is C13H7BrF3IN2O2. The molecule has 22 heavy (non-hydrogen) atoms. The molecule has 0 aliphatic heterocycles. The average Bonchev–Trinajstić information content (AvgIpc) is 2.49. The van der Waals surface area contributed by atoms with Crippen molar-refractivity contribution in [1.82, 2.24) is 5.48 Å². The summed E-state index contributed by atoms with van der Waals surface area (Å²) in [7, 11) is 0. The predicted molar refractivity (Wildman–Crippen MR) is 85.7 cm³/mol. The van der Waals surface area contributed by atoms with E-state index in [4.69, 9.17) is 5.21 Å². The second kappa shape index (κ2) is 6.84. The highest BCUT2D eigenvalue weighted by atomic mass is 127. The number of rotatable bonds is 3. The van der Waals surface area contributed by atoms with E-state index in [2.05, 4.69) is 43.8 Å². The molecule has 3 N–H and O–H groups in total. The second-order valence-electron chi connectivity index (χ2n) is 4.10. The number of halogens is 5. The lowest BCUT2D eigenvalue weighted by molar-refractivity contribution is 0.0706. The van der Waals surface area contributed by atoms with Crippen LogP contribution < -0.4 is 10.8 Å². The molecule has 0 radical (unpaired) electrons. The molecule has 0 aliphatic carbocycles. The molecule has 0 heterocycles. The first-order valence-electron chi connectivity index (χ1n) is 5.69. The molecule has 2 aromatic carbocycles. The summed E-state index contributed by atoms with van der Waals surface area (Å²) in [5.41, 5.74) is 0.419. The van der Waals surface area contributed by atoms with Crippen molar-refractivity contribution in [2.75, 3.05) is 5.32 Å². The van der Waals surface area contributed by atoms with Crippen molar-refractivity contribution in [2.45, 2.75) is 0 Å². The number of hydrogen-bond acceptors (Lipinski definition) is 3. The van der Waals surface area contributed by atoms with Crippen LogP contribution in [-0.2, 0) is 0 Å². The van der Waals surface area contributed by atoms with E-state index >= 15 is 0 Å². The van der Waals surface area contributed by atoms with Gasteiger partial charge in [0.25, 0.3) is 5.91 Å². The quantitative estimate of drug-likeness (QED) is 0.262. The molecule has 0 aliphatic rings. The number of anilines is 2. The van der Waals surface area contributed by atoms with Gasteiger partial charge in [-0.25, -0.2) is 18.7 Å². The van der Waals surface area contributed by atoms with Gasteiger partial charge in [-0.05, 0) is 62.8 Å². The maximum Gasteiger partial charge on any atom is 0.276 e. The molecule has 0 spiro atoms. The van der Waals surface area contributed by atoms with E-state index in [9.17, 15) is 18.0 Å². The van der Waals surface area contributed by atoms with Crippen LogP contribution in [0.1, 0.15) is 10.4 Å². The van der Waals surface area contributed by atoms with Gasteiger partial charge in [0.1, 0.15) is 0 Å². The Morgan fingerprint density at radius 3 is 2.45 bits per heavy atom. The third kappa shape index (κ3) is 3.36. The molecule has 2 rings (SSSR count). The minimum absolute atomic E-state index is 0.331. The number of amides is 1. The van der Waals surface area contributed by atoms with Crippen LogP contribution in [0.2, 0.25) is 0 Å². The van der Waals surface area contributed by atoms with Crippen molar-refractivity contribution in [1.29, 1.82) is 0 Å². The topological polar surface area (TPSA) is 61.4 Å². The summed E-state index contributed by atoms with van der Waals surface area (Å²) in [5.74, 6) is -6.01. The largest absolute Gasteiger partial charge is 0.351 e. The predicted octanol–water partition coefficient (Wildman–Crippen LogP) is 4.33. The van der Waals surface area contributed by atoms with Crippen molar-refractivity contribution >= 4 is 55.8 Å². The van der Waals surface area contributed by atoms with Gasteiger partial charge in [0.15, 0.2) is 17.5 Å². The molecule has 2 aromatic rings. The van der Waals surface area contributed by atoms with E-state index in [1.807, 2.05) is 0 Å². The van der Waals surface area contributed by atoms with Crippen LogP contribution in [0.25, 0.3) is 0 Å². The zero-order chi connectivity index (χ0) is 16.4. The molecule has 1 amide bonds. The molecule has 0 fully saturated rings. The van der Waals surface area contributed by atoms with Crippen LogP contribution in [0.5, 0.6) is 0 Å². The zero-order valence-electron chi connectivity index (χ0n) is 10.6. The monoisotopic (exact) mass is 486 g/mol. The van der Waals surface area contributed by atoms with Gasteiger partial charge in [-0.15, -0.1) is 0 Å². The molecular weight excluding hydrogens is 480 g/mol. The summed E-state index contributed by atoms with van der Waals surface area (Å²) in [6, 6.07) is 5.45. The molecule has 4 nitrogen and oxygen atoms in total. The number of carbonyl (C=O) groups excluding carboxylic acids is 1. The van der Waals surface area contributed by atoms with E-state index in [0.29, 0.717) is 16.2 Å². The third-order valence-corrected chi connectivity index (χ3v) is 4.03. The Bertz CT molecular complexity index is 759. The first-order valence-corrected chi connectivity index (χ1v) is 7.56. The summed E-state index contributed by atoms with van der Waals surface area (Å²) in [6.45, 7) is 0. The number of carbonyl (C=O) groups is 1. The molecule has 0 bridgehead atoms. The highest BCUT2D eigenvalue weighted by molar-refractivity contribution is 14.1. The zero-order valence-corrected chi connectivity index (χ0v) is 14.3. The van der Waals surface area contributed by atoms with Crippen LogP contribution in [0.3, 0.4) is 0 Å². The molecule has 9 heteroatoms. The van der Waals surface area contributed by atoms with Gasteiger partial charge in [0, 0.05) is 8.04 Å². The van der Waals surface area contributed by atoms with Gasteiger partial charge in [0.05, 0.1) is 16.9 Å². The fraction of sp³-hybridized carbons (Fsp3) is 0. The smallest absolute Gasteiger partial charge is 0.276 e. The number of nitrogens with one attached hydrogen (secondary N) is 2. The number of hydroxylamine groups is 1. The van der Waals surface area contributed by atoms with E-state index in [0.717, 1.165) is 3.57 Å². The molecule has 0 saturated carbocycles. The van der Waals surface area contributed by atoms with Crippen LogP contribution in [-0.4, -0.2) is 11.1 Å². The van der Waals surface area contributed by atoms with Crippen molar-refractivity contribution in [2.24, 2.45) is 0 Å². The molecule has 0 saturated heterocycles. The van der Waals surface area contributed by atoms with Crippen molar-refractivity contribution in [3.05, 3.63) is 55.3 Å². The van der Waals surface area contributed by atoms with E-state index in [-0.39, 0.29) is 0 Å². The lowest BCUT2D eigenvalue weighted by Gasteiger charge is -2.14. The first-order chi connectivity index (χ1) is 10.3. The van der Waals surface area contributed by atoms with E-state index in [1.54, 1.807) is 18.2 Å². The van der Waals surface area contributed by atoms with Crippen LogP contribution in [0.15, 0.2) is 28.7 Å². The normalized spacial score (nSPS) is 10.5. The van der Waals surface area contributed by atoms with Crippen molar-refractivity contribution < 1.29 is 23.2 Å². The maximum atomic E-state index is 14.0. The van der Waals surface area contributed by atoms with Gasteiger partial charge < -0.3 is 5.32 Å². The Hall–Kier alpha value is -1.33. The minimum Gasteiger partial charge on any atom is -0.351 e. The SMILES string of the molecule is O=C(NO)c1cc(F)c(F)c(F)c1Nc1ccc(I)cc1Br. The number of hydrogen-bond donors (Lipinski definition) is 3. The summed E-state index contributed by atoms with van der Waals surface area (Å²) in [5, 5.41) is 11.2. The Labute approximate surface area is 144 Å². The van der Waals surface area contributed by atoms with Gasteiger partial charge in [-0.1, -0.05) is 0 Å². The minimum atomic E-state index is -1.72. The van der Waals surface area contributed by atoms with Crippen LogP contribution in [0.4, 0.5) is 24.5 Å². The van der Waals surface area contributed by atoms with E-state index < -0.39 is 34.6 Å².